The lowest BCUT2D eigenvalue weighted by Crippen LogP contribution is -2.54. The highest BCUT2D eigenvalue weighted by Crippen LogP contribution is 2.24. The van der Waals surface area contributed by atoms with Gasteiger partial charge in [0.1, 0.15) is 0 Å². The average Bonchev–Trinajstić information content (AvgIpc) is 2.42. The largest absolute Gasteiger partial charge is 0.284 e. The molecule has 1 N–H and O–H groups in total. The van der Waals surface area contributed by atoms with Crippen LogP contribution < -0.4 is 5.43 Å². The van der Waals surface area contributed by atoms with Gasteiger partial charge in [-0.1, -0.05) is 18.0 Å². The molecule has 1 aliphatic heterocycles. The minimum atomic E-state index is -0.539. The van der Waals surface area contributed by atoms with Gasteiger partial charge in [-0.15, -0.1) is 0 Å². The SMILES string of the molecule is C[C@@H]1CCC[C@@H](C)N1NC(=O)c1ccc([N+](=O)[O-])cc1Cl. The second kappa shape index (κ2) is 6.41. The third kappa shape index (κ3) is 3.51. The number of hydrazine groups is 1. The van der Waals surface area contributed by atoms with Gasteiger partial charge in [0.2, 0.25) is 0 Å². The van der Waals surface area contributed by atoms with E-state index in [1.165, 1.54) is 18.2 Å². The lowest BCUT2D eigenvalue weighted by atomic mass is 10.00. The summed E-state index contributed by atoms with van der Waals surface area (Å²) in [6.45, 7) is 4.13. The van der Waals surface area contributed by atoms with E-state index >= 15 is 0 Å². The molecule has 1 saturated heterocycles. The Morgan fingerprint density at radius 3 is 2.52 bits per heavy atom. The summed E-state index contributed by atoms with van der Waals surface area (Å²) in [4.78, 5) is 22.4. The minimum Gasteiger partial charge on any atom is -0.284 e. The summed E-state index contributed by atoms with van der Waals surface area (Å²) < 4.78 is 0. The van der Waals surface area contributed by atoms with E-state index in [0.29, 0.717) is 0 Å². The summed E-state index contributed by atoms with van der Waals surface area (Å²) in [6, 6.07) is 4.38. The lowest BCUT2D eigenvalue weighted by molar-refractivity contribution is -0.384. The molecule has 1 heterocycles. The van der Waals surface area contributed by atoms with Crippen LogP contribution in [0.15, 0.2) is 18.2 Å². The number of amides is 1. The van der Waals surface area contributed by atoms with Crippen molar-refractivity contribution in [3.63, 3.8) is 0 Å². The summed E-state index contributed by atoms with van der Waals surface area (Å²) in [5, 5.41) is 12.7. The van der Waals surface area contributed by atoms with Crippen molar-refractivity contribution >= 4 is 23.2 Å². The summed E-state index contributed by atoms with van der Waals surface area (Å²) >= 11 is 5.98. The quantitative estimate of drug-likeness (QED) is 0.687. The number of halogens is 1. The molecular formula is C14H18ClN3O3. The van der Waals surface area contributed by atoms with Crippen LogP contribution in [0.3, 0.4) is 0 Å². The van der Waals surface area contributed by atoms with E-state index in [2.05, 4.69) is 19.3 Å². The van der Waals surface area contributed by atoms with Crippen molar-refractivity contribution < 1.29 is 9.72 Å². The van der Waals surface area contributed by atoms with Crippen molar-refractivity contribution in [1.82, 2.24) is 10.4 Å². The van der Waals surface area contributed by atoms with E-state index in [-0.39, 0.29) is 34.3 Å². The number of nitro benzene ring substituents is 1. The lowest BCUT2D eigenvalue weighted by Gasteiger charge is -2.38. The van der Waals surface area contributed by atoms with Gasteiger partial charge in [-0.05, 0) is 32.8 Å². The first-order valence-corrected chi connectivity index (χ1v) is 7.31. The number of nitrogens with zero attached hydrogens (tertiary/aromatic N) is 2. The number of hydrogen-bond acceptors (Lipinski definition) is 4. The van der Waals surface area contributed by atoms with Crippen LogP contribution in [0.25, 0.3) is 0 Å². The van der Waals surface area contributed by atoms with E-state index in [9.17, 15) is 14.9 Å². The monoisotopic (exact) mass is 311 g/mol. The van der Waals surface area contributed by atoms with Gasteiger partial charge in [0.25, 0.3) is 11.6 Å². The molecule has 7 heteroatoms. The van der Waals surface area contributed by atoms with Gasteiger partial charge in [0.15, 0.2) is 0 Å². The van der Waals surface area contributed by atoms with Gasteiger partial charge < -0.3 is 0 Å². The Morgan fingerprint density at radius 1 is 1.38 bits per heavy atom. The molecule has 0 aromatic heterocycles. The number of piperidine rings is 1. The van der Waals surface area contributed by atoms with Crippen LogP contribution >= 0.6 is 11.6 Å². The van der Waals surface area contributed by atoms with Crippen LogP contribution in [0.5, 0.6) is 0 Å². The van der Waals surface area contributed by atoms with Gasteiger partial charge in [-0.3, -0.25) is 20.3 Å². The zero-order valence-corrected chi connectivity index (χ0v) is 12.8. The number of carbonyl (C=O) groups is 1. The highest BCUT2D eigenvalue weighted by molar-refractivity contribution is 6.34. The van der Waals surface area contributed by atoms with Crippen molar-refractivity contribution in [2.75, 3.05) is 0 Å². The fourth-order valence-corrected chi connectivity index (χ4v) is 2.88. The number of nitro groups is 1. The Labute approximate surface area is 128 Å². The predicted octanol–water partition coefficient (Wildman–Crippen LogP) is 3.16. The molecule has 0 unspecified atom stereocenters. The molecular weight excluding hydrogens is 294 g/mol. The van der Waals surface area contributed by atoms with E-state index in [1.807, 2.05) is 5.01 Å². The molecule has 1 aliphatic rings. The Kier molecular flexibility index (Phi) is 4.80. The Bertz CT molecular complexity index is 554. The number of rotatable bonds is 3. The second-order valence-electron chi connectivity index (χ2n) is 5.40. The summed E-state index contributed by atoms with van der Waals surface area (Å²) in [7, 11) is 0. The molecule has 0 saturated carbocycles. The predicted molar refractivity (Wildman–Crippen MR) is 80.2 cm³/mol. The molecule has 2 atom stereocenters. The molecule has 6 nitrogen and oxygen atoms in total. The Balaban J connectivity index is 2.15. The van der Waals surface area contributed by atoms with Crippen LogP contribution in [0, 0.1) is 10.1 Å². The van der Waals surface area contributed by atoms with Gasteiger partial charge in [0.05, 0.1) is 15.5 Å². The van der Waals surface area contributed by atoms with Crippen molar-refractivity contribution in [1.29, 1.82) is 0 Å². The van der Waals surface area contributed by atoms with Gasteiger partial charge in [0, 0.05) is 24.2 Å². The molecule has 0 bridgehead atoms. The van der Waals surface area contributed by atoms with E-state index in [4.69, 9.17) is 11.6 Å². The first-order chi connectivity index (χ1) is 9.90. The van der Waals surface area contributed by atoms with Gasteiger partial charge in [-0.25, -0.2) is 5.01 Å². The topological polar surface area (TPSA) is 75.5 Å². The van der Waals surface area contributed by atoms with Crippen molar-refractivity contribution in [3.05, 3.63) is 38.9 Å². The fraction of sp³-hybridized carbons (Fsp3) is 0.500. The van der Waals surface area contributed by atoms with Crippen LogP contribution in [-0.2, 0) is 0 Å². The van der Waals surface area contributed by atoms with Gasteiger partial charge in [-0.2, -0.15) is 0 Å². The molecule has 1 fully saturated rings. The maximum absolute atomic E-state index is 12.3. The molecule has 21 heavy (non-hydrogen) atoms. The van der Waals surface area contributed by atoms with E-state index in [0.717, 1.165) is 19.3 Å². The minimum absolute atomic E-state index is 0.0824. The molecule has 2 rings (SSSR count). The van der Waals surface area contributed by atoms with E-state index < -0.39 is 4.92 Å². The van der Waals surface area contributed by atoms with Crippen LogP contribution in [0.2, 0.25) is 5.02 Å². The fourth-order valence-electron chi connectivity index (χ4n) is 2.62. The Hall–Kier alpha value is -1.66. The first-order valence-electron chi connectivity index (χ1n) is 6.93. The van der Waals surface area contributed by atoms with Crippen LogP contribution in [0.1, 0.15) is 43.5 Å². The summed E-state index contributed by atoms with van der Waals surface area (Å²) in [5.41, 5.74) is 2.98. The number of non-ortho nitro benzene ring substituents is 1. The summed E-state index contributed by atoms with van der Waals surface area (Å²) in [6.07, 6.45) is 3.20. The maximum Gasteiger partial charge on any atom is 0.270 e. The van der Waals surface area contributed by atoms with Gasteiger partial charge >= 0.3 is 0 Å². The zero-order chi connectivity index (χ0) is 15.6. The van der Waals surface area contributed by atoms with Crippen LogP contribution in [-0.4, -0.2) is 27.9 Å². The third-order valence-electron chi connectivity index (χ3n) is 3.83. The number of hydrogen-bond donors (Lipinski definition) is 1. The molecule has 0 aliphatic carbocycles. The standard InChI is InChI=1S/C14H18ClN3O3/c1-9-4-3-5-10(2)17(9)16-14(19)12-7-6-11(18(20)21)8-13(12)15/h6-10H,3-5H2,1-2H3,(H,16,19)/t9-,10-/m1/s1. The molecule has 1 aromatic rings. The number of benzene rings is 1. The highest BCUT2D eigenvalue weighted by Gasteiger charge is 2.27. The maximum atomic E-state index is 12.3. The third-order valence-corrected chi connectivity index (χ3v) is 4.14. The zero-order valence-electron chi connectivity index (χ0n) is 12.0. The van der Waals surface area contributed by atoms with Crippen molar-refractivity contribution in [2.24, 2.45) is 0 Å². The second-order valence-corrected chi connectivity index (χ2v) is 5.81. The molecule has 0 radical (unpaired) electrons. The van der Waals surface area contributed by atoms with Crippen LogP contribution in [0.4, 0.5) is 5.69 Å². The number of carbonyl (C=O) groups excluding carboxylic acids is 1. The number of nitrogens with one attached hydrogen (secondary N) is 1. The van der Waals surface area contributed by atoms with Crippen molar-refractivity contribution in [3.8, 4) is 0 Å². The molecule has 0 spiro atoms. The average molecular weight is 312 g/mol. The molecule has 1 amide bonds. The van der Waals surface area contributed by atoms with E-state index in [1.54, 1.807) is 0 Å². The highest BCUT2D eigenvalue weighted by atomic mass is 35.5. The summed E-state index contributed by atoms with van der Waals surface area (Å²) in [5.74, 6) is -0.338. The Morgan fingerprint density at radius 2 is 2.00 bits per heavy atom. The molecule has 1 aromatic carbocycles. The smallest absolute Gasteiger partial charge is 0.270 e. The van der Waals surface area contributed by atoms with Crippen molar-refractivity contribution in [2.45, 2.75) is 45.2 Å². The first kappa shape index (κ1) is 15.7. The molecule has 114 valence electrons. The normalized spacial score (nSPS) is 22.8.